The molecule has 7 heteroatoms. The van der Waals surface area contributed by atoms with Gasteiger partial charge in [-0.05, 0) is 0 Å². The first-order valence-corrected chi connectivity index (χ1v) is 6.04. The maximum atomic E-state index is 11.2. The first-order valence-electron chi connectivity index (χ1n) is 6.04. The molecule has 0 aromatic heterocycles. The van der Waals surface area contributed by atoms with Gasteiger partial charge in [0, 0.05) is 12.2 Å². The van der Waals surface area contributed by atoms with Crippen molar-refractivity contribution in [2.75, 3.05) is 52.9 Å². The minimum atomic E-state index is -0.614. The lowest BCUT2D eigenvalue weighted by atomic mass is 10.5. The van der Waals surface area contributed by atoms with Crippen molar-refractivity contribution in [2.45, 2.75) is 0 Å². The Kier molecular flexibility index (Phi) is 8.61. The quantitative estimate of drug-likeness (QED) is 0.561. The lowest BCUT2D eigenvalue weighted by molar-refractivity contribution is -0.141. The zero-order valence-corrected chi connectivity index (χ0v) is 10.7. The maximum absolute atomic E-state index is 11.2. The summed E-state index contributed by atoms with van der Waals surface area (Å²) in [6, 6.07) is 0. The van der Waals surface area contributed by atoms with Crippen LogP contribution in [0.5, 0.6) is 0 Å². The molecule has 0 N–H and O–H groups in total. The van der Waals surface area contributed by atoms with E-state index in [2.05, 4.69) is 0 Å². The SMILES string of the molecule is O=C1/C=C\C(=O)OCCOCCOCCOCCO1. The number of hydrogen-bond donors (Lipinski definition) is 0. The summed E-state index contributed by atoms with van der Waals surface area (Å²) in [7, 11) is 0. The molecule has 1 aliphatic heterocycles. The summed E-state index contributed by atoms with van der Waals surface area (Å²) in [5.41, 5.74) is 0. The molecule has 0 unspecified atom stereocenters. The van der Waals surface area contributed by atoms with Crippen LogP contribution in [0.15, 0.2) is 12.2 Å². The Morgan fingerprint density at radius 3 is 1.26 bits per heavy atom. The smallest absolute Gasteiger partial charge is 0.331 e. The predicted octanol–water partition coefficient (Wildman–Crippen LogP) is -0.308. The van der Waals surface area contributed by atoms with Gasteiger partial charge in [0.15, 0.2) is 0 Å². The van der Waals surface area contributed by atoms with E-state index < -0.39 is 11.9 Å². The van der Waals surface area contributed by atoms with E-state index in [0.29, 0.717) is 26.4 Å². The Labute approximate surface area is 111 Å². The van der Waals surface area contributed by atoms with Crippen LogP contribution in [-0.4, -0.2) is 64.8 Å². The molecule has 0 saturated heterocycles. The van der Waals surface area contributed by atoms with E-state index >= 15 is 0 Å². The number of carbonyl (C=O) groups is 2. The highest BCUT2D eigenvalue weighted by Crippen LogP contribution is 1.89. The third kappa shape index (κ3) is 9.18. The number of esters is 2. The van der Waals surface area contributed by atoms with E-state index in [1.165, 1.54) is 0 Å². The molecule has 0 bridgehead atoms. The second-order valence-corrected chi connectivity index (χ2v) is 3.51. The molecule has 7 nitrogen and oxygen atoms in total. The van der Waals surface area contributed by atoms with Gasteiger partial charge in [-0.1, -0.05) is 0 Å². The summed E-state index contributed by atoms with van der Waals surface area (Å²) in [6.45, 7) is 2.57. The van der Waals surface area contributed by atoms with Gasteiger partial charge in [0.2, 0.25) is 0 Å². The van der Waals surface area contributed by atoms with Gasteiger partial charge in [-0.2, -0.15) is 0 Å². The summed E-state index contributed by atoms with van der Waals surface area (Å²) in [5.74, 6) is -1.23. The van der Waals surface area contributed by atoms with Crippen molar-refractivity contribution in [3.63, 3.8) is 0 Å². The third-order valence-corrected chi connectivity index (χ3v) is 2.04. The maximum Gasteiger partial charge on any atom is 0.331 e. The summed E-state index contributed by atoms with van der Waals surface area (Å²) >= 11 is 0. The van der Waals surface area contributed by atoms with E-state index in [1.807, 2.05) is 0 Å². The van der Waals surface area contributed by atoms with Gasteiger partial charge in [0.1, 0.15) is 13.2 Å². The molecule has 108 valence electrons. The molecule has 1 aliphatic rings. The summed E-state index contributed by atoms with van der Waals surface area (Å²) in [5, 5.41) is 0. The molecule has 0 fully saturated rings. The van der Waals surface area contributed by atoms with Crippen LogP contribution in [0.1, 0.15) is 0 Å². The third-order valence-electron chi connectivity index (χ3n) is 2.04. The van der Waals surface area contributed by atoms with E-state index in [1.54, 1.807) is 0 Å². The van der Waals surface area contributed by atoms with Gasteiger partial charge in [-0.3, -0.25) is 0 Å². The van der Waals surface area contributed by atoms with Gasteiger partial charge >= 0.3 is 11.9 Å². The van der Waals surface area contributed by atoms with Crippen molar-refractivity contribution in [1.82, 2.24) is 0 Å². The van der Waals surface area contributed by atoms with Crippen molar-refractivity contribution < 1.29 is 33.3 Å². The second kappa shape index (κ2) is 10.5. The number of ether oxygens (including phenoxy) is 5. The standard InChI is InChI=1S/C12H18O7/c13-11-1-2-12(14)19-10-8-17-6-4-15-3-5-16-7-9-18-11/h1-2H,3-10H2/b2-1-. The molecule has 0 saturated carbocycles. The predicted molar refractivity (Wildman–Crippen MR) is 63.5 cm³/mol. The monoisotopic (exact) mass is 274 g/mol. The Bertz CT molecular complexity index is 272. The van der Waals surface area contributed by atoms with Crippen LogP contribution in [-0.2, 0) is 33.3 Å². The van der Waals surface area contributed by atoms with Crippen LogP contribution < -0.4 is 0 Å². The van der Waals surface area contributed by atoms with Crippen molar-refractivity contribution >= 4 is 11.9 Å². The highest BCUT2D eigenvalue weighted by Gasteiger charge is 2.02. The van der Waals surface area contributed by atoms with E-state index in [0.717, 1.165) is 12.2 Å². The van der Waals surface area contributed by atoms with E-state index in [-0.39, 0.29) is 26.4 Å². The number of cyclic esters (lactones) is 2. The van der Waals surface area contributed by atoms with Crippen molar-refractivity contribution in [3.05, 3.63) is 12.2 Å². The fraction of sp³-hybridized carbons (Fsp3) is 0.667. The summed E-state index contributed by atoms with van der Waals surface area (Å²) in [4.78, 5) is 22.3. The minimum absolute atomic E-state index is 0.126. The molecule has 19 heavy (non-hydrogen) atoms. The molecule has 0 radical (unpaired) electrons. The molecular formula is C12H18O7. The van der Waals surface area contributed by atoms with Crippen LogP contribution in [0.4, 0.5) is 0 Å². The van der Waals surface area contributed by atoms with Gasteiger partial charge in [-0.25, -0.2) is 9.59 Å². The zero-order valence-electron chi connectivity index (χ0n) is 10.7. The number of carbonyl (C=O) groups excluding carboxylic acids is 2. The van der Waals surface area contributed by atoms with Gasteiger partial charge in [0.05, 0.1) is 39.6 Å². The topological polar surface area (TPSA) is 80.3 Å². The largest absolute Gasteiger partial charge is 0.460 e. The molecule has 0 aromatic rings. The highest BCUT2D eigenvalue weighted by molar-refractivity contribution is 5.91. The average Bonchev–Trinajstić information content (AvgIpc) is 2.41. The van der Waals surface area contributed by atoms with Crippen molar-refractivity contribution in [1.29, 1.82) is 0 Å². The Morgan fingerprint density at radius 2 is 0.895 bits per heavy atom. The Hall–Kier alpha value is -1.44. The second-order valence-electron chi connectivity index (χ2n) is 3.51. The van der Waals surface area contributed by atoms with Crippen molar-refractivity contribution in [2.24, 2.45) is 0 Å². The molecule has 0 amide bonds. The molecule has 0 spiro atoms. The molecular weight excluding hydrogens is 256 g/mol. The van der Waals surface area contributed by atoms with E-state index in [4.69, 9.17) is 23.7 Å². The zero-order chi connectivity index (χ0) is 13.8. The van der Waals surface area contributed by atoms with Crippen LogP contribution in [0, 0.1) is 0 Å². The Balaban J connectivity index is 2.31. The van der Waals surface area contributed by atoms with Gasteiger partial charge in [-0.15, -0.1) is 0 Å². The Morgan fingerprint density at radius 1 is 0.579 bits per heavy atom. The summed E-state index contributed by atoms with van der Waals surface area (Å²) in [6.07, 6.45) is 2.04. The van der Waals surface area contributed by atoms with Crippen molar-refractivity contribution in [3.8, 4) is 0 Å². The first-order chi connectivity index (χ1) is 9.29. The fourth-order valence-corrected chi connectivity index (χ4v) is 1.18. The summed E-state index contributed by atoms with van der Waals surface area (Å²) < 4.78 is 25.1. The molecule has 0 aromatic carbocycles. The van der Waals surface area contributed by atoms with E-state index in [9.17, 15) is 9.59 Å². The van der Waals surface area contributed by atoms with Crippen LogP contribution in [0.3, 0.4) is 0 Å². The molecule has 1 rings (SSSR count). The fourth-order valence-electron chi connectivity index (χ4n) is 1.18. The lowest BCUT2D eigenvalue weighted by Gasteiger charge is -2.06. The van der Waals surface area contributed by atoms with Gasteiger partial charge in [0.25, 0.3) is 0 Å². The normalized spacial score (nSPS) is 22.9. The molecule has 0 atom stereocenters. The average molecular weight is 274 g/mol. The highest BCUT2D eigenvalue weighted by atomic mass is 16.6. The minimum Gasteiger partial charge on any atom is -0.460 e. The number of hydrogen-bond acceptors (Lipinski definition) is 7. The molecule has 0 aliphatic carbocycles. The molecule has 1 heterocycles. The van der Waals surface area contributed by atoms with Gasteiger partial charge < -0.3 is 23.7 Å². The van der Waals surface area contributed by atoms with Crippen LogP contribution in [0.2, 0.25) is 0 Å². The van der Waals surface area contributed by atoms with Crippen LogP contribution in [0.25, 0.3) is 0 Å². The number of rotatable bonds is 0. The lowest BCUT2D eigenvalue weighted by Crippen LogP contribution is -2.13. The van der Waals surface area contributed by atoms with Crippen LogP contribution >= 0.6 is 0 Å². The first kappa shape index (κ1) is 15.6.